The van der Waals surface area contributed by atoms with Crippen LogP contribution >= 0.6 is 0 Å². The topological polar surface area (TPSA) is 71.3 Å². The maximum Gasteiger partial charge on any atom is 0.263 e. The van der Waals surface area contributed by atoms with Crippen LogP contribution in [0.5, 0.6) is 5.75 Å². The molecule has 7 heteroatoms. The molecule has 0 bridgehead atoms. The molecule has 0 atom stereocenters. The number of nitrogens with zero attached hydrogens (tertiary/aromatic N) is 1. The summed E-state index contributed by atoms with van der Waals surface area (Å²) >= 11 is 0. The zero-order valence-electron chi connectivity index (χ0n) is 15.6. The van der Waals surface area contributed by atoms with Crippen LogP contribution in [0.2, 0.25) is 0 Å². The number of carbonyl (C=O) groups is 1. The van der Waals surface area contributed by atoms with Crippen LogP contribution in [0, 0.1) is 11.6 Å². The lowest BCUT2D eigenvalue weighted by Crippen LogP contribution is -2.29. The van der Waals surface area contributed by atoms with Gasteiger partial charge in [-0.25, -0.2) is 8.78 Å². The predicted molar refractivity (Wildman–Crippen MR) is 110 cm³/mol. The van der Waals surface area contributed by atoms with Crippen molar-refractivity contribution in [1.29, 1.82) is 0 Å². The van der Waals surface area contributed by atoms with Gasteiger partial charge in [0.05, 0.1) is 6.54 Å². The summed E-state index contributed by atoms with van der Waals surface area (Å²) in [5.74, 6) is -2.54. The highest BCUT2D eigenvalue weighted by Crippen LogP contribution is 2.27. The standard InChI is InChI=1S/C23H16F2N2O3/c24-19-9-6-14(11-20(19)25)13-27-10-2-4-17(23(27)30)22(29)26-21-5-1-3-15-7-8-16(28)12-18(15)21/h1-12,28H,13H2,(H,26,29). The Labute approximate surface area is 169 Å². The van der Waals surface area contributed by atoms with Gasteiger partial charge in [0.15, 0.2) is 11.6 Å². The first-order chi connectivity index (χ1) is 14.4. The molecule has 4 rings (SSSR count). The fraction of sp³-hybridized carbons (Fsp3) is 0.0435. The Balaban J connectivity index is 1.64. The molecule has 1 amide bonds. The van der Waals surface area contributed by atoms with Gasteiger partial charge in [0, 0.05) is 17.3 Å². The van der Waals surface area contributed by atoms with Gasteiger partial charge in [-0.3, -0.25) is 9.59 Å². The summed E-state index contributed by atoms with van der Waals surface area (Å²) in [6.07, 6.45) is 1.47. The van der Waals surface area contributed by atoms with E-state index in [1.165, 1.54) is 35.0 Å². The molecule has 0 aliphatic rings. The molecule has 4 aromatic rings. The van der Waals surface area contributed by atoms with Crippen molar-refractivity contribution in [2.24, 2.45) is 0 Å². The van der Waals surface area contributed by atoms with Gasteiger partial charge >= 0.3 is 0 Å². The Bertz CT molecular complexity index is 1330. The van der Waals surface area contributed by atoms with Crippen molar-refractivity contribution in [2.45, 2.75) is 6.54 Å². The highest BCUT2D eigenvalue weighted by atomic mass is 19.2. The number of amides is 1. The van der Waals surface area contributed by atoms with Crippen molar-refractivity contribution < 1.29 is 18.7 Å². The lowest BCUT2D eigenvalue weighted by molar-refractivity contribution is 0.102. The molecule has 0 fully saturated rings. The Morgan fingerprint density at radius 1 is 0.967 bits per heavy atom. The molecule has 0 aliphatic heterocycles. The van der Waals surface area contributed by atoms with Crippen molar-refractivity contribution in [3.63, 3.8) is 0 Å². The van der Waals surface area contributed by atoms with Gasteiger partial charge in [-0.05, 0) is 53.4 Å². The lowest BCUT2D eigenvalue weighted by atomic mass is 10.1. The SMILES string of the molecule is O=C(Nc1cccc2ccc(O)cc12)c1cccn(Cc2ccc(F)c(F)c2)c1=O. The third-order valence-electron chi connectivity index (χ3n) is 4.72. The number of hydrogen-bond acceptors (Lipinski definition) is 3. The quantitative estimate of drug-likeness (QED) is 0.531. The molecule has 0 spiro atoms. The fourth-order valence-electron chi connectivity index (χ4n) is 3.23. The fourth-order valence-corrected chi connectivity index (χ4v) is 3.23. The zero-order chi connectivity index (χ0) is 21.3. The maximum absolute atomic E-state index is 13.4. The van der Waals surface area contributed by atoms with E-state index in [4.69, 9.17) is 0 Å². The first-order valence-corrected chi connectivity index (χ1v) is 9.09. The number of nitrogens with one attached hydrogen (secondary N) is 1. The monoisotopic (exact) mass is 406 g/mol. The van der Waals surface area contributed by atoms with Crippen molar-refractivity contribution in [2.75, 3.05) is 5.32 Å². The van der Waals surface area contributed by atoms with Crippen LogP contribution in [0.3, 0.4) is 0 Å². The zero-order valence-corrected chi connectivity index (χ0v) is 15.6. The summed E-state index contributed by atoms with van der Waals surface area (Å²) in [5, 5.41) is 13.9. The minimum atomic E-state index is -1.01. The summed E-state index contributed by atoms with van der Waals surface area (Å²) < 4.78 is 27.8. The molecule has 5 nitrogen and oxygen atoms in total. The Hall–Kier alpha value is -4.00. The van der Waals surface area contributed by atoms with Crippen molar-refractivity contribution >= 4 is 22.4 Å². The summed E-state index contributed by atoms with van der Waals surface area (Å²) in [6, 6.07) is 16.3. The summed E-state index contributed by atoms with van der Waals surface area (Å²) in [4.78, 5) is 25.5. The van der Waals surface area contributed by atoms with E-state index >= 15 is 0 Å². The average Bonchev–Trinajstić information content (AvgIpc) is 2.72. The number of phenols is 1. The van der Waals surface area contributed by atoms with Crippen LogP contribution < -0.4 is 10.9 Å². The predicted octanol–water partition coefficient (Wildman–Crippen LogP) is 4.29. The molecule has 0 radical (unpaired) electrons. The van der Waals surface area contributed by atoms with Crippen LogP contribution in [-0.4, -0.2) is 15.6 Å². The van der Waals surface area contributed by atoms with Crippen LogP contribution in [0.25, 0.3) is 10.8 Å². The minimum Gasteiger partial charge on any atom is -0.508 e. The second kappa shape index (κ2) is 7.79. The van der Waals surface area contributed by atoms with E-state index in [2.05, 4.69) is 5.32 Å². The number of hydrogen-bond donors (Lipinski definition) is 2. The van der Waals surface area contributed by atoms with Crippen LogP contribution in [0.15, 0.2) is 77.7 Å². The normalized spacial score (nSPS) is 10.9. The van der Waals surface area contributed by atoms with Crippen molar-refractivity contribution in [3.05, 3.63) is 106 Å². The Morgan fingerprint density at radius 3 is 2.60 bits per heavy atom. The van der Waals surface area contributed by atoms with E-state index < -0.39 is 23.1 Å². The van der Waals surface area contributed by atoms with E-state index in [0.29, 0.717) is 16.6 Å². The van der Waals surface area contributed by atoms with E-state index in [1.54, 1.807) is 24.3 Å². The third kappa shape index (κ3) is 3.77. The van der Waals surface area contributed by atoms with Crippen LogP contribution in [0.4, 0.5) is 14.5 Å². The summed E-state index contributed by atoms with van der Waals surface area (Å²) in [6.45, 7) is -0.0146. The maximum atomic E-state index is 13.4. The number of rotatable bonds is 4. The van der Waals surface area contributed by atoms with Gasteiger partial charge in [-0.1, -0.05) is 24.3 Å². The smallest absolute Gasteiger partial charge is 0.263 e. The minimum absolute atomic E-state index is 0.0146. The van der Waals surface area contributed by atoms with Gasteiger partial charge in [-0.15, -0.1) is 0 Å². The van der Waals surface area contributed by atoms with E-state index in [1.807, 2.05) is 6.07 Å². The second-order valence-corrected chi connectivity index (χ2v) is 6.77. The number of aromatic hydroxyl groups is 1. The number of fused-ring (bicyclic) bond motifs is 1. The van der Waals surface area contributed by atoms with E-state index in [-0.39, 0.29) is 17.9 Å². The molecule has 1 aromatic heterocycles. The molecular weight excluding hydrogens is 390 g/mol. The molecule has 0 aliphatic carbocycles. The summed E-state index contributed by atoms with van der Waals surface area (Å²) in [7, 11) is 0. The average molecular weight is 406 g/mol. The molecule has 1 heterocycles. The molecule has 0 saturated heterocycles. The molecule has 30 heavy (non-hydrogen) atoms. The largest absolute Gasteiger partial charge is 0.508 e. The van der Waals surface area contributed by atoms with Crippen LogP contribution in [0.1, 0.15) is 15.9 Å². The number of anilines is 1. The molecule has 3 aromatic carbocycles. The van der Waals surface area contributed by atoms with Crippen molar-refractivity contribution in [3.8, 4) is 5.75 Å². The highest BCUT2D eigenvalue weighted by molar-refractivity contribution is 6.09. The Morgan fingerprint density at radius 2 is 1.80 bits per heavy atom. The van der Waals surface area contributed by atoms with Gasteiger partial charge in [0.2, 0.25) is 0 Å². The lowest BCUT2D eigenvalue weighted by Gasteiger charge is -2.11. The van der Waals surface area contributed by atoms with E-state index in [9.17, 15) is 23.5 Å². The molecule has 2 N–H and O–H groups in total. The second-order valence-electron chi connectivity index (χ2n) is 6.77. The van der Waals surface area contributed by atoms with Crippen molar-refractivity contribution in [1.82, 2.24) is 4.57 Å². The third-order valence-corrected chi connectivity index (χ3v) is 4.72. The molecular formula is C23H16F2N2O3. The molecule has 150 valence electrons. The van der Waals surface area contributed by atoms with Gasteiger partial charge in [-0.2, -0.15) is 0 Å². The number of pyridine rings is 1. The number of phenolic OH excluding ortho intramolecular Hbond substituents is 1. The van der Waals surface area contributed by atoms with Crippen LogP contribution in [-0.2, 0) is 6.54 Å². The first kappa shape index (κ1) is 19.3. The molecule has 0 unspecified atom stereocenters. The van der Waals surface area contributed by atoms with E-state index in [0.717, 1.165) is 17.5 Å². The first-order valence-electron chi connectivity index (χ1n) is 9.09. The number of aromatic nitrogens is 1. The number of carbonyl (C=O) groups excluding carboxylic acids is 1. The summed E-state index contributed by atoms with van der Waals surface area (Å²) in [5.41, 5.74) is 0.168. The molecule has 0 saturated carbocycles. The van der Waals surface area contributed by atoms with Gasteiger partial charge < -0.3 is 15.0 Å². The Kier molecular flexibility index (Phi) is 5.02. The number of halogens is 2. The number of benzene rings is 3. The van der Waals surface area contributed by atoms with Gasteiger partial charge in [0.25, 0.3) is 11.5 Å². The van der Waals surface area contributed by atoms with Gasteiger partial charge in [0.1, 0.15) is 11.3 Å². The highest BCUT2D eigenvalue weighted by Gasteiger charge is 2.14.